The lowest BCUT2D eigenvalue weighted by atomic mass is 9.95. The number of ether oxygens (including phenoxy) is 1. The molecule has 2 amide bonds. The van der Waals surface area contributed by atoms with E-state index in [4.69, 9.17) is 4.74 Å². The highest BCUT2D eigenvalue weighted by molar-refractivity contribution is 7.81. The summed E-state index contributed by atoms with van der Waals surface area (Å²) in [6.45, 7) is -1.24. The van der Waals surface area contributed by atoms with Gasteiger partial charge in [-0.2, -0.15) is 33.7 Å². The van der Waals surface area contributed by atoms with E-state index in [9.17, 15) is 61.5 Å². The Kier molecular flexibility index (Phi) is 12.6. The summed E-state index contributed by atoms with van der Waals surface area (Å²) in [5, 5.41) is 2.73. The maximum Gasteiger partial charge on any atom is 0.399 e. The Hall–Kier alpha value is -2.40. The molecule has 3 rings (SSSR count). The number of carbonyl (C=O) groups is 2. The van der Waals surface area contributed by atoms with E-state index in [1.807, 2.05) is 0 Å². The summed E-state index contributed by atoms with van der Waals surface area (Å²) in [7, 11) is -23.2. The van der Waals surface area contributed by atoms with Crippen molar-refractivity contribution in [1.29, 1.82) is 0 Å². The molecule has 262 valence electrons. The van der Waals surface area contributed by atoms with Crippen molar-refractivity contribution in [1.82, 2.24) is 10.2 Å². The summed E-state index contributed by atoms with van der Waals surface area (Å²) in [6, 6.07) is 7.44. The van der Waals surface area contributed by atoms with Gasteiger partial charge in [0.05, 0.1) is 6.54 Å². The first kappa shape index (κ1) is 38.1. The van der Waals surface area contributed by atoms with Crippen molar-refractivity contribution in [2.75, 3.05) is 6.54 Å². The molecule has 1 saturated heterocycles. The van der Waals surface area contributed by atoms with Crippen LogP contribution in [0.15, 0.2) is 30.3 Å². The zero-order chi connectivity index (χ0) is 34.5. The summed E-state index contributed by atoms with van der Waals surface area (Å²) < 4.78 is 152. The van der Waals surface area contributed by atoms with Gasteiger partial charge in [0.15, 0.2) is 12.2 Å². The highest BCUT2D eigenvalue weighted by Crippen LogP contribution is 2.33. The Morgan fingerprint density at radius 1 is 0.739 bits per heavy atom. The van der Waals surface area contributed by atoms with E-state index in [0.29, 0.717) is 23.3 Å². The van der Waals surface area contributed by atoms with Crippen molar-refractivity contribution in [3.8, 4) is 0 Å². The van der Waals surface area contributed by atoms with E-state index in [-0.39, 0.29) is 6.04 Å². The number of rotatable bonds is 14. The van der Waals surface area contributed by atoms with Crippen molar-refractivity contribution >= 4 is 53.4 Å². The van der Waals surface area contributed by atoms with Crippen LogP contribution in [0.5, 0.6) is 0 Å². The van der Waals surface area contributed by atoms with Gasteiger partial charge >= 0.3 is 41.6 Å². The average molecular weight is 743 g/mol. The van der Waals surface area contributed by atoms with E-state index in [1.54, 1.807) is 18.2 Å². The average Bonchev–Trinajstić information content (AvgIpc) is 2.89. The van der Waals surface area contributed by atoms with Gasteiger partial charge in [-0.3, -0.25) is 27.8 Å². The minimum atomic E-state index is -5.85. The molecule has 1 saturated carbocycles. The van der Waals surface area contributed by atoms with E-state index < -0.39 is 97.2 Å². The number of carbonyl (C=O) groups excluding carboxylic acids is 2. The molecule has 0 spiro atoms. The number of benzene rings is 1. The number of hydrogen-bond acceptors (Lipinski definition) is 15. The van der Waals surface area contributed by atoms with Gasteiger partial charge in [0.1, 0.15) is 12.2 Å². The fourth-order valence-corrected chi connectivity index (χ4v) is 6.70. The van der Waals surface area contributed by atoms with Crippen molar-refractivity contribution in [2.24, 2.45) is 0 Å². The maximum atomic E-state index is 14.0. The second-order valence-electron chi connectivity index (χ2n) is 10.00. The van der Waals surface area contributed by atoms with Crippen molar-refractivity contribution in [3.63, 3.8) is 0 Å². The number of nitrogens with zero attached hydrogens (tertiary/aromatic N) is 1. The van der Waals surface area contributed by atoms with Gasteiger partial charge in [-0.05, 0) is 18.4 Å². The Bertz CT molecular complexity index is 1660. The SMILES string of the molecule is O=C(CN(Cc1ccccc1)C(=O)C1OC(OS(=O)(=O)O)C(OS(=O)(=O)O)C(OS(=O)(=O)O)C1OS(=O)(=O)O)NC1CCCCC1. The summed E-state index contributed by atoms with van der Waals surface area (Å²) in [5.74, 6) is -2.24. The lowest BCUT2D eigenvalue weighted by Crippen LogP contribution is -2.65. The predicted octanol–water partition coefficient (Wildman–Crippen LogP) is -1.43. The van der Waals surface area contributed by atoms with Crippen LogP contribution in [0.1, 0.15) is 37.7 Å². The predicted molar refractivity (Wildman–Crippen MR) is 147 cm³/mol. The summed E-state index contributed by atoms with van der Waals surface area (Å²) in [5.41, 5.74) is 0.355. The molecular formula is C21H30N2O19S4. The zero-order valence-electron chi connectivity index (χ0n) is 23.3. The van der Waals surface area contributed by atoms with Crippen molar-refractivity contribution in [2.45, 2.75) is 75.4 Å². The fourth-order valence-electron chi connectivity index (χ4n) is 4.83. The first-order chi connectivity index (χ1) is 21.1. The van der Waals surface area contributed by atoms with Crippen molar-refractivity contribution < 1.29 is 82.9 Å². The Labute approximate surface area is 263 Å². The summed E-state index contributed by atoms with van der Waals surface area (Å²) in [4.78, 5) is 27.7. The van der Waals surface area contributed by atoms with E-state index in [2.05, 4.69) is 22.0 Å². The third-order valence-corrected chi connectivity index (χ3v) is 8.31. The first-order valence-electron chi connectivity index (χ1n) is 13.0. The van der Waals surface area contributed by atoms with Gasteiger partial charge in [0.2, 0.25) is 12.2 Å². The molecule has 2 aliphatic rings. The van der Waals surface area contributed by atoms with Crippen LogP contribution in [-0.2, 0) is 79.2 Å². The van der Waals surface area contributed by atoms with Gasteiger partial charge in [0, 0.05) is 12.6 Å². The first-order valence-corrected chi connectivity index (χ1v) is 18.5. The quantitative estimate of drug-likeness (QED) is 0.136. The minimum Gasteiger partial charge on any atom is -0.352 e. The van der Waals surface area contributed by atoms with E-state index in [1.165, 1.54) is 12.1 Å². The highest BCUT2D eigenvalue weighted by atomic mass is 32.3. The molecule has 5 atom stereocenters. The number of amides is 2. The number of nitrogens with one attached hydrogen (secondary N) is 1. The lowest BCUT2D eigenvalue weighted by molar-refractivity contribution is -0.255. The zero-order valence-corrected chi connectivity index (χ0v) is 26.6. The van der Waals surface area contributed by atoms with Crippen LogP contribution in [0.3, 0.4) is 0 Å². The van der Waals surface area contributed by atoms with Gasteiger partial charge < -0.3 is 15.0 Å². The molecule has 2 fully saturated rings. The standard InChI is InChI=1S/C21H30N2O19S4/c24-15(22-14-9-5-2-6-10-14)12-23(11-13-7-3-1-4-8-13)20(25)18-16(39-43(26,27)28)17(40-44(29,30)31)19(41-45(32,33)34)21(38-18)42-46(35,36)37/h1,3-4,7-8,14,16-19,21H,2,5-6,9-12H2,(H,22,24)(H,26,27,28)(H,29,30,31)(H,32,33,34)(H,35,36,37). The largest absolute Gasteiger partial charge is 0.399 e. The van der Waals surface area contributed by atoms with Gasteiger partial charge in [0.25, 0.3) is 5.91 Å². The molecule has 0 bridgehead atoms. The Morgan fingerprint density at radius 2 is 1.24 bits per heavy atom. The molecule has 0 radical (unpaired) electrons. The smallest absolute Gasteiger partial charge is 0.352 e. The van der Waals surface area contributed by atoms with Crippen LogP contribution in [0.4, 0.5) is 0 Å². The van der Waals surface area contributed by atoms with Crippen molar-refractivity contribution in [3.05, 3.63) is 35.9 Å². The molecule has 1 aliphatic heterocycles. The van der Waals surface area contributed by atoms with Crippen LogP contribution in [0.2, 0.25) is 0 Å². The van der Waals surface area contributed by atoms with Crippen LogP contribution < -0.4 is 5.32 Å². The molecule has 5 unspecified atom stereocenters. The molecule has 1 aromatic carbocycles. The van der Waals surface area contributed by atoms with Crippen LogP contribution in [0, 0.1) is 0 Å². The van der Waals surface area contributed by atoms with Crippen LogP contribution in [-0.4, -0.2) is 112 Å². The molecule has 5 N–H and O–H groups in total. The van der Waals surface area contributed by atoms with Gasteiger partial charge in [-0.1, -0.05) is 49.6 Å². The molecule has 25 heteroatoms. The normalized spacial score (nSPS) is 25.1. The van der Waals surface area contributed by atoms with Gasteiger partial charge in [-0.25, -0.2) is 16.7 Å². The second-order valence-corrected chi connectivity index (χ2v) is 14.2. The lowest BCUT2D eigenvalue weighted by Gasteiger charge is -2.43. The highest BCUT2D eigenvalue weighted by Gasteiger charge is 2.57. The molecule has 0 aromatic heterocycles. The summed E-state index contributed by atoms with van der Waals surface area (Å²) >= 11 is 0. The van der Waals surface area contributed by atoms with E-state index >= 15 is 0 Å². The Balaban J connectivity index is 2.12. The van der Waals surface area contributed by atoms with Gasteiger partial charge in [-0.15, -0.1) is 0 Å². The number of hydrogen-bond donors (Lipinski definition) is 5. The van der Waals surface area contributed by atoms with Crippen LogP contribution in [0.25, 0.3) is 0 Å². The topological polar surface area (TPSA) is 313 Å². The molecule has 46 heavy (non-hydrogen) atoms. The molecule has 1 heterocycles. The molecule has 1 aliphatic carbocycles. The molecule has 21 nitrogen and oxygen atoms in total. The molecular weight excluding hydrogens is 712 g/mol. The maximum absolute atomic E-state index is 14.0. The molecule has 1 aromatic rings. The fraction of sp³-hybridized carbons (Fsp3) is 0.619. The monoisotopic (exact) mass is 742 g/mol. The third kappa shape index (κ3) is 12.7. The van der Waals surface area contributed by atoms with Crippen LogP contribution >= 0.6 is 0 Å². The Morgan fingerprint density at radius 3 is 1.76 bits per heavy atom. The second kappa shape index (κ2) is 15.2. The minimum absolute atomic E-state index is 0.255. The van der Waals surface area contributed by atoms with E-state index in [0.717, 1.165) is 19.3 Å². The third-order valence-electron chi connectivity index (χ3n) is 6.49. The summed E-state index contributed by atoms with van der Waals surface area (Å²) in [6.07, 6.45) is -10.8.